The van der Waals surface area contributed by atoms with Crippen molar-refractivity contribution in [3.8, 4) is 0 Å². The monoisotopic (exact) mass is 336 g/mol. The maximum atomic E-state index is 11.4. The van der Waals surface area contributed by atoms with Crippen LogP contribution in [0.3, 0.4) is 0 Å². The molecule has 1 aliphatic rings. The first kappa shape index (κ1) is 16.2. The summed E-state index contributed by atoms with van der Waals surface area (Å²) in [5, 5.41) is 12.0. The Morgan fingerprint density at radius 3 is 2.83 bits per heavy atom. The summed E-state index contributed by atoms with van der Waals surface area (Å²) in [4.78, 5) is 19.4. The largest absolute Gasteiger partial charge is 0.543 e. The van der Waals surface area contributed by atoms with Gasteiger partial charge in [-0.1, -0.05) is 11.6 Å². The molecule has 3 heterocycles. The van der Waals surface area contributed by atoms with Crippen molar-refractivity contribution in [3.63, 3.8) is 0 Å². The van der Waals surface area contributed by atoms with Crippen molar-refractivity contribution in [2.24, 2.45) is 0 Å². The van der Waals surface area contributed by atoms with Gasteiger partial charge in [0, 0.05) is 31.6 Å². The molecule has 0 bridgehead atoms. The Bertz CT molecular complexity index is 722. The molecule has 6 nitrogen and oxygen atoms in total. The van der Waals surface area contributed by atoms with E-state index in [9.17, 15) is 9.90 Å². The van der Waals surface area contributed by atoms with E-state index in [4.69, 9.17) is 11.6 Å². The lowest BCUT2D eigenvalue weighted by atomic mass is 10.0. The normalized spacial score (nSPS) is 21.9. The molecule has 0 aromatic carbocycles. The second-order valence-electron chi connectivity index (χ2n) is 6.37. The topological polar surface area (TPSA) is 65.1 Å². The predicted molar refractivity (Wildman–Crippen MR) is 85.6 cm³/mol. The Hall–Kier alpha value is -1.63. The van der Waals surface area contributed by atoms with E-state index in [1.807, 2.05) is 7.05 Å². The molecule has 1 aliphatic heterocycles. The highest BCUT2D eigenvalue weighted by Crippen LogP contribution is 2.20. The number of aromatic nitrogens is 2. The number of fused-ring (bicyclic) bond motifs is 1. The minimum Gasteiger partial charge on any atom is -0.543 e. The summed E-state index contributed by atoms with van der Waals surface area (Å²) < 4.78 is 1.75. The summed E-state index contributed by atoms with van der Waals surface area (Å²) in [6.07, 6.45) is 3.93. The third-order valence-electron chi connectivity index (χ3n) is 4.71. The van der Waals surface area contributed by atoms with E-state index in [2.05, 4.69) is 16.9 Å². The van der Waals surface area contributed by atoms with E-state index in [-0.39, 0.29) is 5.69 Å². The quantitative estimate of drug-likeness (QED) is 0.814. The van der Waals surface area contributed by atoms with Crippen molar-refractivity contribution >= 4 is 23.2 Å². The molecule has 0 amide bonds. The zero-order valence-corrected chi connectivity index (χ0v) is 14.1. The van der Waals surface area contributed by atoms with Crippen LogP contribution in [0.2, 0.25) is 5.02 Å². The molecule has 0 aliphatic carbocycles. The highest BCUT2D eigenvalue weighted by molar-refractivity contribution is 6.30. The number of hydrogen-bond acceptors (Lipinski definition) is 4. The van der Waals surface area contributed by atoms with Crippen molar-refractivity contribution in [3.05, 3.63) is 34.7 Å². The minimum atomic E-state index is -1.25. The number of carboxylic acids is 1. The highest BCUT2D eigenvalue weighted by Gasteiger charge is 2.25. The molecular weight excluding hydrogens is 316 g/mol. The maximum Gasteiger partial charge on any atom is 0.137 e. The van der Waals surface area contributed by atoms with Crippen LogP contribution in [0.25, 0.3) is 5.65 Å². The maximum absolute atomic E-state index is 11.4. The molecule has 7 heteroatoms. The summed E-state index contributed by atoms with van der Waals surface area (Å²) in [7, 11) is 4.24. The molecule has 1 fully saturated rings. The molecule has 2 aromatic heterocycles. The molecule has 23 heavy (non-hydrogen) atoms. The van der Waals surface area contributed by atoms with Crippen molar-refractivity contribution in [1.82, 2.24) is 14.3 Å². The third-order valence-corrected chi connectivity index (χ3v) is 4.93. The number of likely N-dealkylation sites (tertiary alicyclic amines) is 1. The van der Waals surface area contributed by atoms with E-state index in [0.717, 1.165) is 25.9 Å². The number of nitrogens with one attached hydrogen (secondary N) is 1. The van der Waals surface area contributed by atoms with Gasteiger partial charge in [-0.25, -0.2) is 4.98 Å². The van der Waals surface area contributed by atoms with E-state index in [1.54, 1.807) is 27.6 Å². The molecule has 124 valence electrons. The Kier molecular flexibility index (Phi) is 4.57. The average molecular weight is 337 g/mol. The van der Waals surface area contributed by atoms with Gasteiger partial charge in [0.1, 0.15) is 11.3 Å². The second-order valence-corrected chi connectivity index (χ2v) is 6.81. The number of carbonyl (C=O) groups excluding carboxylic acids is 1. The first-order chi connectivity index (χ1) is 11.0. The van der Waals surface area contributed by atoms with E-state index >= 15 is 0 Å². The van der Waals surface area contributed by atoms with Crippen LogP contribution in [-0.4, -0.2) is 53.5 Å². The lowest BCUT2D eigenvalue weighted by Crippen LogP contribution is -3.10. The van der Waals surface area contributed by atoms with Gasteiger partial charge in [-0.05, 0) is 19.2 Å². The number of carbonyl (C=O) groups is 1. The molecule has 0 spiro atoms. The minimum absolute atomic E-state index is 0.00216. The number of halogens is 1. The number of piperidine rings is 1. The third kappa shape index (κ3) is 3.34. The van der Waals surface area contributed by atoms with Crippen LogP contribution in [-0.2, 0) is 6.54 Å². The smallest absolute Gasteiger partial charge is 0.137 e. The van der Waals surface area contributed by atoms with Crippen LogP contribution in [0.1, 0.15) is 29.0 Å². The van der Waals surface area contributed by atoms with Crippen molar-refractivity contribution in [1.29, 1.82) is 0 Å². The fraction of sp³-hybridized carbons (Fsp3) is 0.500. The van der Waals surface area contributed by atoms with Crippen LogP contribution in [0.5, 0.6) is 0 Å². The summed E-state index contributed by atoms with van der Waals surface area (Å²) in [5.74, 6) is -1.25. The van der Waals surface area contributed by atoms with Crippen molar-refractivity contribution < 1.29 is 14.8 Å². The molecule has 1 N–H and O–H groups in total. The van der Waals surface area contributed by atoms with Gasteiger partial charge in [-0.3, -0.25) is 4.90 Å². The number of carboxylic acid groups (broad SMARTS) is 1. The van der Waals surface area contributed by atoms with Gasteiger partial charge in [-0.15, -0.1) is 0 Å². The van der Waals surface area contributed by atoms with Gasteiger partial charge in [0.25, 0.3) is 0 Å². The zero-order chi connectivity index (χ0) is 16.6. The van der Waals surface area contributed by atoms with Gasteiger partial charge in [0.2, 0.25) is 0 Å². The average Bonchev–Trinajstić information content (AvgIpc) is 2.86. The van der Waals surface area contributed by atoms with Gasteiger partial charge in [-0.2, -0.15) is 0 Å². The lowest BCUT2D eigenvalue weighted by molar-refractivity contribution is -0.885. The van der Waals surface area contributed by atoms with E-state index in [0.29, 0.717) is 29.0 Å². The number of quaternary nitrogens is 1. The van der Waals surface area contributed by atoms with Crippen LogP contribution in [0.15, 0.2) is 18.3 Å². The van der Waals surface area contributed by atoms with Gasteiger partial charge in [0.15, 0.2) is 0 Å². The van der Waals surface area contributed by atoms with Crippen LogP contribution >= 0.6 is 11.6 Å². The molecule has 0 saturated carbocycles. The number of hydrogen-bond donors (Lipinski definition) is 1. The Morgan fingerprint density at radius 1 is 1.48 bits per heavy atom. The first-order valence-corrected chi connectivity index (χ1v) is 8.23. The molecule has 1 saturated heterocycles. The number of aromatic carboxylic acids is 1. The Labute approximate surface area is 140 Å². The van der Waals surface area contributed by atoms with Crippen LogP contribution < -0.4 is 10.0 Å². The molecular formula is C16H21ClN4O2. The highest BCUT2D eigenvalue weighted by atomic mass is 35.5. The van der Waals surface area contributed by atoms with E-state index < -0.39 is 5.97 Å². The molecule has 2 aromatic rings. The van der Waals surface area contributed by atoms with Gasteiger partial charge in [0.05, 0.1) is 36.8 Å². The Morgan fingerprint density at radius 2 is 2.17 bits per heavy atom. The predicted octanol–water partition coefficient (Wildman–Crippen LogP) is -0.540. The summed E-state index contributed by atoms with van der Waals surface area (Å²) in [5.41, 5.74) is 1.19. The fourth-order valence-electron chi connectivity index (χ4n) is 3.28. The number of pyridine rings is 1. The van der Waals surface area contributed by atoms with Gasteiger partial charge < -0.3 is 19.2 Å². The molecule has 0 radical (unpaired) electrons. The number of rotatable bonds is 4. The van der Waals surface area contributed by atoms with Crippen molar-refractivity contribution in [2.45, 2.75) is 25.4 Å². The summed E-state index contributed by atoms with van der Waals surface area (Å²) in [6.45, 7) is 2.79. The standard InChI is InChI=1S/C16H21ClN4O2/c1-19-7-5-12(6-8-19)20(2)10-13-15(16(22)23)18-14-4-3-11(17)9-21(13)14/h3-4,9,12H,5-8,10H2,1-2H3,(H,22,23). The van der Waals surface area contributed by atoms with Crippen LogP contribution in [0, 0.1) is 0 Å². The SMILES string of the molecule is CN(Cc1c(C(=O)[O-])nc2ccc(Cl)cn12)C1CC[NH+](C)CC1. The van der Waals surface area contributed by atoms with E-state index in [1.165, 1.54) is 0 Å². The van der Waals surface area contributed by atoms with Crippen molar-refractivity contribution in [2.75, 3.05) is 27.2 Å². The zero-order valence-electron chi connectivity index (χ0n) is 13.4. The lowest BCUT2D eigenvalue weighted by Gasteiger charge is -2.33. The summed E-state index contributed by atoms with van der Waals surface area (Å²) in [6, 6.07) is 3.88. The first-order valence-electron chi connectivity index (χ1n) is 7.85. The second kappa shape index (κ2) is 6.47. The summed E-state index contributed by atoms with van der Waals surface area (Å²) >= 11 is 6.05. The van der Waals surface area contributed by atoms with Crippen LogP contribution in [0.4, 0.5) is 0 Å². The Balaban J connectivity index is 1.90. The molecule has 0 atom stereocenters. The van der Waals surface area contributed by atoms with Gasteiger partial charge >= 0.3 is 0 Å². The number of imidazole rings is 1. The molecule has 0 unspecified atom stereocenters. The number of nitrogens with zero attached hydrogens (tertiary/aromatic N) is 3. The molecule has 3 rings (SSSR count). The fourth-order valence-corrected chi connectivity index (χ4v) is 3.44.